The minimum atomic E-state index is -0.280. The van der Waals surface area contributed by atoms with E-state index in [1.807, 2.05) is 56.3 Å². The average molecular weight is 414 g/mol. The molecule has 0 aliphatic heterocycles. The lowest BCUT2D eigenvalue weighted by molar-refractivity contribution is -0.115. The van der Waals surface area contributed by atoms with Crippen LogP contribution in [0.15, 0.2) is 58.5 Å². The van der Waals surface area contributed by atoms with E-state index in [2.05, 4.69) is 15.3 Å². The zero-order valence-electron chi connectivity index (χ0n) is 15.6. The van der Waals surface area contributed by atoms with E-state index in [-0.39, 0.29) is 17.9 Å². The molecule has 1 aromatic heterocycles. The topological polar surface area (TPSA) is 74.8 Å². The van der Waals surface area contributed by atoms with E-state index in [0.29, 0.717) is 21.6 Å². The predicted octanol–water partition coefficient (Wildman–Crippen LogP) is 4.51. The normalized spacial score (nSPS) is 10.7. The van der Waals surface area contributed by atoms with Gasteiger partial charge in [0.25, 0.3) is 5.56 Å². The van der Waals surface area contributed by atoms with Crippen LogP contribution in [-0.2, 0) is 17.0 Å². The number of hydrogen-bond acceptors (Lipinski definition) is 4. The number of H-pyrrole nitrogens is 1. The number of carbonyl (C=O) groups excluding carboxylic acids is 1. The van der Waals surface area contributed by atoms with Gasteiger partial charge in [0.05, 0.1) is 12.1 Å². The van der Waals surface area contributed by atoms with Gasteiger partial charge in [0.2, 0.25) is 5.91 Å². The van der Waals surface area contributed by atoms with Crippen LogP contribution in [0.2, 0.25) is 5.02 Å². The highest BCUT2D eigenvalue weighted by Crippen LogP contribution is 2.21. The van der Waals surface area contributed by atoms with Gasteiger partial charge in [0.1, 0.15) is 0 Å². The van der Waals surface area contributed by atoms with Gasteiger partial charge in [-0.05, 0) is 43.2 Å². The second-order valence-corrected chi connectivity index (χ2v) is 7.90. The number of rotatable bonds is 6. The van der Waals surface area contributed by atoms with Gasteiger partial charge >= 0.3 is 0 Å². The zero-order chi connectivity index (χ0) is 20.1. The summed E-state index contributed by atoms with van der Waals surface area (Å²) in [6, 6.07) is 14.7. The number of nitrogens with zero attached hydrogens (tertiary/aromatic N) is 1. The number of aromatic amines is 1. The molecule has 0 aliphatic rings. The van der Waals surface area contributed by atoms with Crippen LogP contribution < -0.4 is 10.9 Å². The van der Waals surface area contributed by atoms with Crippen LogP contribution in [0.3, 0.4) is 0 Å². The fourth-order valence-electron chi connectivity index (χ4n) is 2.73. The zero-order valence-corrected chi connectivity index (χ0v) is 17.2. The van der Waals surface area contributed by atoms with Crippen molar-refractivity contribution >= 4 is 35.0 Å². The van der Waals surface area contributed by atoms with Gasteiger partial charge in [-0.25, -0.2) is 4.98 Å². The molecule has 0 spiro atoms. The van der Waals surface area contributed by atoms with Gasteiger partial charge in [0.15, 0.2) is 5.16 Å². The van der Waals surface area contributed by atoms with Crippen molar-refractivity contribution in [1.29, 1.82) is 0 Å². The minimum Gasteiger partial charge on any atom is -0.326 e. The fraction of sp³-hybridized carbons (Fsp3) is 0.190. The van der Waals surface area contributed by atoms with Crippen LogP contribution in [0.1, 0.15) is 22.4 Å². The molecule has 0 saturated carbocycles. The molecule has 0 aliphatic carbocycles. The third-order valence-corrected chi connectivity index (χ3v) is 5.21. The quantitative estimate of drug-likeness (QED) is 0.460. The molecule has 0 bridgehead atoms. The van der Waals surface area contributed by atoms with Crippen molar-refractivity contribution in [2.75, 3.05) is 5.32 Å². The summed E-state index contributed by atoms with van der Waals surface area (Å²) in [5, 5.41) is 4.01. The second kappa shape index (κ2) is 9.08. The summed E-state index contributed by atoms with van der Waals surface area (Å²) in [6.07, 6.45) is 0.0297. The van der Waals surface area contributed by atoms with Crippen LogP contribution >= 0.6 is 23.4 Å². The molecule has 28 heavy (non-hydrogen) atoms. The standard InChI is InChI=1S/C21H20ClN3O2S/c1-13-6-7-18(14(2)8-13)24-19(26)10-17-11-20(27)25-21(23-17)28-12-15-4-3-5-16(22)9-15/h3-9,11H,10,12H2,1-2H3,(H,24,26)(H,23,25,27). The van der Waals surface area contributed by atoms with Crippen molar-refractivity contribution in [1.82, 2.24) is 9.97 Å². The van der Waals surface area contributed by atoms with Crippen LogP contribution in [0.5, 0.6) is 0 Å². The number of carbonyl (C=O) groups is 1. The number of anilines is 1. The van der Waals surface area contributed by atoms with Crippen molar-refractivity contribution in [3.05, 3.63) is 86.3 Å². The summed E-state index contributed by atoms with van der Waals surface area (Å²) in [4.78, 5) is 31.4. The Morgan fingerprint density at radius 1 is 1.18 bits per heavy atom. The van der Waals surface area contributed by atoms with Gasteiger partial charge in [0, 0.05) is 22.5 Å². The van der Waals surface area contributed by atoms with E-state index in [0.717, 1.165) is 22.4 Å². The highest BCUT2D eigenvalue weighted by Gasteiger charge is 2.10. The highest BCUT2D eigenvalue weighted by atomic mass is 35.5. The Hall–Kier alpha value is -2.57. The molecule has 1 amide bonds. The Morgan fingerprint density at radius 2 is 2.00 bits per heavy atom. The summed E-state index contributed by atoms with van der Waals surface area (Å²) < 4.78 is 0. The average Bonchev–Trinajstić information content (AvgIpc) is 2.62. The molecular formula is C21H20ClN3O2S. The van der Waals surface area contributed by atoms with Crippen molar-refractivity contribution < 1.29 is 4.79 Å². The van der Waals surface area contributed by atoms with E-state index in [1.54, 1.807) is 0 Å². The lowest BCUT2D eigenvalue weighted by Crippen LogP contribution is -2.18. The number of thioether (sulfide) groups is 1. The Balaban J connectivity index is 1.67. The van der Waals surface area contributed by atoms with Crippen LogP contribution in [0.25, 0.3) is 0 Å². The van der Waals surface area contributed by atoms with Gasteiger partial charge in [-0.15, -0.1) is 0 Å². The summed E-state index contributed by atoms with van der Waals surface area (Å²) in [7, 11) is 0. The van der Waals surface area contributed by atoms with Gasteiger partial charge < -0.3 is 10.3 Å². The van der Waals surface area contributed by atoms with Gasteiger partial charge in [-0.1, -0.05) is 53.2 Å². The Morgan fingerprint density at radius 3 is 2.75 bits per heavy atom. The maximum atomic E-state index is 12.4. The lowest BCUT2D eigenvalue weighted by Gasteiger charge is -2.09. The second-order valence-electron chi connectivity index (χ2n) is 6.50. The first-order valence-corrected chi connectivity index (χ1v) is 10.1. The van der Waals surface area contributed by atoms with E-state index < -0.39 is 0 Å². The summed E-state index contributed by atoms with van der Waals surface area (Å²) in [5.41, 5.74) is 4.06. The molecule has 0 unspecified atom stereocenters. The largest absolute Gasteiger partial charge is 0.326 e. The van der Waals surface area contributed by atoms with Crippen LogP contribution in [-0.4, -0.2) is 15.9 Å². The summed E-state index contributed by atoms with van der Waals surface area (Å²) >= 11 is 7.38. The molecule has 0 atom stereocenters. The Labute approximate surface area is 172 Å². The molecule has 0 fully saturated rings. The maximum Gasteiger partial charge on any atom is 0.251 e. The van der Waals surface area contributed by atoms with E-state index in [9.17, 15) is 9.59 Å². The first-order chi connectivity index (χ1) is 13.4. The first-order valence-electron chi connectivity index (χ1n) is 8.73. The molecule has 0 radical (unpaired) electrons. The molecule has 2 N–H and O–H groups in total. The molecular weight excluding hydrogens is 394 g/mol. The number of nitrogens with one attached hydrogen (secondary N) is 2. The third-order valence-electron chi connectivity index (χ3n) is 4.04. The molecule has 7 heteroatoms. The molecule has 2 aromatic carbocycles. The van der Waals surface area contributed by atoms with Crippen LogP contribution in [0.4, 0.5) is 5.69 Å². The predicted molar refractivity (Wildman–Crippen MR) is 114 cm³/mol. The Bertz CT molecular complexity index is 1070. The smallest absolute Gasteiger partial charge is 0.251 e. The molecule has 3 rings (SSSR count). The fourth-order valence-corrected chi connectivity index (χ4v) is 3.78. The molecule has 144 valence electrons. The molecule has 0 saturated heterocycles. The maximum absolute atomic E-state index is 12.4. The highest BCUT2D eigenvalue weighted by molar-refractivity contribution is 7.98. The summed E-state index contributed by atoms with van der Waals surface area (Å²) in [6.45, 7) is 3.94. The number of halogens is 1. The van der Waals surface area contributed by atoms with Crippen molar-refractivity contribution in [3.63, 3.8) is 0 Å². The first kappa shape index (κ1) is 20.2. The van der Waals surface area contributed by atoms with Gasteiger partial charge in [-0.2, -0.15) is 0 Å². The number of aromatic nitrogens is 2. The molecule has 1 heterocycles. The number of amides is 1. The van der Waals surface area contributed by atoms with E-state index >= 15 is 0 Å². The van der Waals surface area contributed by atoms with Crippen LogP contribution in [0, 0.1) is 13.8 Å². The van der Waals surface area contributed by atoms with Gasteiger partial charge in [-0.3, -0.25) is 9.59 Å². The number of benzene rings is 2. The molecule has 5 nitrogen and oxygen atoms in total. The lowest BCUT2D eigenvalue weighted by atomic mass is 10.1. The minimum absolute atomic E-state index is 0.0297. The van der Waals surface area contributed by atoms with E-state index in [1.165, 1.54) is 17.8 Å². The van der Waals surface area contributed by atoms with Crippen molar-refractivity contribution in [3.8, 4) is 0 Å². The number of hydrogen-bond donors (Lipinski definition) is 2. The SMILES string of the molecule is Cc1ccc(NC(=O)Cc2cc(=O)[nH]c(SCc3cccc(Cl)c3)n2)c(C)c1. The van der Waals surface area contributed by atoms with E-state index in [4.69, 9.17) is 11.6 Å². The Kier molecular flexibility index (Phi) is 6.54. The monoisotopic (exact) mass is 413 g/mol. The third kappa shape index (κ3) is 5.71. The van der Waals surface area contributed by atoms with Crippen molar-refractivity contribution in [2.24, 2.45) is 0 Å². The number of aryl methyl sites for hydroxylation is 2. The summed E-state index contributed by atoms with van der Waals surface area (Å²) in [5.74, 6) is 0.401. The van der Waals surface area contributed by atoms with Crippen molar-refractivity contribution in [2.45, 2.75) is 31.2 Å². The molecule has 3 aromatic rings.